The summed E-state index contributed by atoms with van der Waals surface area (Å²) in [6.07, 6.45) is 4.51. The molecular formula is C35H35N3O3. The van der Waals surface area contributed by atoms with Crippen molar-refractivity contribution in [2.75, 3.05) is 11.4 Å². The molecule has 1 aliphatic carbocycles. The van der Waals surface area contributed by atoms with E-state index in [0.29, 0.717) is 12.0 Å². The van der Waals surface area contributed by atoms with Gasteiger partial charge in [0.15, 0.2) is 0 Å². The molecule has 4 aromatic rings. The van der Waals surface area contributed by atoms with Crippen molar-refractivity contribution in [2.45, 2.75) is 57.7 Å². The Morgan fingerprint density at radius 1 is 0.902 bits per heavy atom. The maximum absolute atomic E-state index is 14.4. The van der Waals surface area contributed by atoms with Crippen LogP contribution in [0.15, 0.2) is 91.0 Å². The maximum atomic E-state index is 14.4. The second-order valence-electron chi connectivity index (χ2n) is 11.2. The van der Waals surface area contributed by atoms with Crippen LogP contribution in [0.2, 0.25) is 0 Å². The van der Waals surface area contributed by atoms with Gasteiger partial charge in [0.1, 0.15) is 12.6 Å². The van der Waals surface area contributed by atoms with Crippen LogP contribution < -0.4 is 10.2 Å². The van der Waals surface area contributed by atoms with Gasteiger partial charge in [0.05, 0.1) is 5.69 Å². The summed E-state index contributed by atoms with van der Waals surface area (Å²) >= 11 is 0. The molecule has 0 radical (unpaired) electrons. The summed E-state index contributed by atoms with van der Waals surface area (Å²) in [6.45, 7) is 2.16. The lowest BCUT2D eigenvalue weighted by molar-refractivity contribution is -0.140. The van der Waals surface area contributed by atoms with E-state index in [2.05, 4.69) is 5.32 Å². The van der Waals surface area contributed by atoms with Gasteiger partial charge in [-0.3, -0.25) is 19.3 Å². The monoisotopic (exact) mass is 545 g/mol. The number of nitrogens with one attached hydrogen (secondary N) is 1. The van der Waals surface area contributed by atoms with E-state index in [1.807, 2.05) is 97.9 Å². The summed E-state index contributed by atoms with van der Waals surface area (Å²) in [7, 11) is 0. The molecule has 41 heavy (non-hydrogen) atoms. The maximum Gasteiger partial charge on any atom is 0.259 e. The van der Waals surface area contributed by atoms with Crippen LogP contribution in [-0.2, 0) is 22.6 Å². The molecule has 6 nitrogen and oxygen atoms in total. The lowest BCUT2D eigenvalue weighted by Crippen LogP contribution is -2.54. The Balaban J connectivity index is 1.36. The minimum Gasteiger partial charge on any atom is -0.352 e. The number of benzene rings is 4. The molecule has 6 heteroatoms. The fourth-order valence-corrected chi connectivity index (χ4v) is 6.25. The van der Waals surface area contributed by atoms with Gasteiger partial charge in [-0.25, -0.2) is 0 Å². The molecule has 3 amide bonds. The summed E-state index contributed by atoms with van der Waals surface area (Å²) in [5.41, 5.74) is 4.36. The van der Waals surface area contributed by atoms with Crippen molar-refractivity contribution >= 4 is 34.2 Å². The Hall–Kier alpha value is -4.45. The summed E-state index contributed by atoms with van der Waals surface area (Å²) in [5, 5.41) is 5.10. The molecule has 2 aliphatic rings. The molecule has 1 atom stereocenters. The van der Waals surface area contributed by atoms with E-state index in [9.17, 15) is 14.4 Å². The molecule has 0 bridgehead atoms. The van der Waals surface area contributed by atoms with Crippen LogP contribution in [0.4, 0.5) is 5.69 Å². The fourth-order valence-electron chi connectivity index (χ4n) is 6.25. The number of aryl methyl sites for hydroxylation is 1. The molecule has 1 heterocycles. The van der Waals surface area contributed by atoms with Gasteiger partial charge < -0.3 is 10.2 Å². The van der Waals surface area contributed by atoms with E-state index in [-0.39, 0.29) is 36.9 Å². The Bertz CT molecular complexity index is 1590. The van der Waals surface area contributed by atoms with Crippen LogP contribution in [-0.4, -0.2) is 41.2 Å². The van der Waals surface area contributed by atoms with Crippen LogP contribution in [0.25, 0.3) is 10.8 Å². The average molecular weight is 546 g/mol. The zero-order valence-corrected chi connectivity index (χ0v) is 23.4. The summed E-state index contributed by atoms with van der Waals surface area (Å²) in [4.78, 5) is 45.1. The molecule has 0 unspecified atom stereocenters. The third kappa shape index (κ3) is 5.47. The molecular weight excluding hydrogens is 510 g/mol. The van der Waals surface area contributed by atoms with Gasteiger partial charge in [-0.05, 0) is 54.0 Å². The predicted molar refractivity (Wildman–Crippen MR) is 162 cm³/mol. The van der Waals surface area contributed by atoms with E-state index < -0.39 is 6.04 Å². The molecule has 4 aromatic carbocycles. The number of rotatable bonds is 9. The Labute approximate surface area is 241 Å². The Morgan fingerprint density at radius 2 is 1.61 bits per heavy atom. The second kappa shape index (κ2) is 11.6. The molecule has 0 spiro atoms. The van der Waals surface area contributed by atoms with Crippen molar-refractivity contribution in [2.24, 2.45) is 0 Å². The van der Waals surface area contributed by atoms with E-state index in [0.717, 1.165) is 58.8 Å². The van der Waals surface area contributed by atoms with Gasteiger partial charge in [-0.15, -0.1) is 0 Å². The number of amides is 3. The fraction of sp³-hybridized carbons (Fsp3) is 0.286. The van der Waals surface area contributed by atoms with E-state index >= 15 is 0 Å². The van der Waals surface area contributed by atoms with E-state index in [4.69, 9.17) is 0 Å². The lowest BCUT2D eigenvalue weighted by Gasteiger charge is -2.34. The largest absolute Gasteiger partial charge is 0.352 e. The van der Waals surface area contributed by atoms with Gasteiger partial charge in [0.2, 0.25) is 11.8 Å². The van der Waals surface area contributed by atoms with Crippen LogP contribution in [0, 0.1) is 6.92 Å². The van der Waals surface area contributed by atoms with Crippen LogP contribution >= 0.6 is 0 Å². The lowest BCUT2D eigenvalue weighted by atomic mass is 10.0. The standard InChI is InChI=1S/C35H35N3O3/c1-24-11-5-6-14-27(24)22-37(31(21-25-12-3-2-4-13-25)34(40)36-28-17-7-8-18-28)32(39)23-38-30-20-10-16-26-15-9-19-29(33(26)30)35(38)41/h2-6,9-16,19-20,28,31H,7-8,17-18,21-23H2,1H3,(H,36,40)/t31-/m0/s1. The van der Waals surface area contributed by atoms with Crippen molar-refractivity contribution in [3.63, 3.8) is 0 Å². The number of carbonyl (C=O) groups is 3. The van der Waals surface area contributed by atoms with Gasteiger partial charge in [0.25, 0.3) is 5.91 Å². The van der Waals surface area contributed by atoms with Crippen molar-refractivity contribution in [3.8, 4) is 0 Å². The number of anilines is 1. The van der Waals surface area contributed by atoms with Crippen LogP contribution in [0.1, 0.15) is 52.7 Å². The molecule has 0 aromatic heterocycles. The van der Waals surface area contributed by atoms with Gasteiger partial charge in [-0.2, -0.15) is 0 Å². The predicted octanol–water partition coefficient (Wildman–Crippen LogP) is 5.81. The first kappa shape index (κ1) is 26.8. The minimum absolute atomic E-state index is 0.128. The summed E-state index contributed by atoms with van der Waals surface area (Å²) in [5.74, 6) is -0.578. The first-order valence-corrected chi connectivity index (χ1v) is 14.5. The number of hydrogen-bond acceptors (Lipinski definition) is 3. The van der Waals surface area contributed by atoms with Crippen molar-refractivity contribution in [3.05, 3.63) is 113 Å². The van der Waals surface area contributed by atoms with Gasteiger partial charge in [0, 0.05) is 30.0 Å². The van der Waals surface area contributed by atoms with Crippen molar-refractivity contribution < 1.29 is 14.4 Å². The zero-order valence-electron chi connectivity index (χ0n) is 23.4. The highest BCUT2D eigenvalue weighted by Gasteiger charge is 2.36. The van der Waals surface area contributed by atoms with Crippen LogP contribution in [0.3, 0.4) is 0 Å². The summed E-state index contributed by atoms with van der Waals surface area (Å²) < 4.78 is 0. The molecule has 1 aliphatic heterocycles. The van der Waals surface area contributed by atoms with Gasteiger partial charge >= 0.3 is 0 Å². The van der Waals surface area contributed by atoms with Crippen LogP contribution in [0.5, 0.6) is 0 Å². The van der Waals surface area contributed by atoms with Crippen molar-refractivity contribution in [1.29, 1.82) is 0 Å². The normalized spacial score (nSPS) is 15.3. The molecule has 1 fully saturated rings. The number of hydrogen-bond donors (Lipinski definition) is 1. The quantitative estimate of drug-likeness (QED) is 0.289. The van der Waals surface area contributed by atoms with E-state index in [1.54, 1.807) is 9.80 Å². The summed E-state index contributed by atoms with van der Waals surface area (Å²) in [6, 6.07) is 28.7. The topological polar surface area (TPSA) is 69.7 Å². The molecule has 208 valence electrons. The Morgan fingerprint density at radius 3 is 2.37 bits per heavy atom. The first-order chi connectivity index (χ1) is 20.0. The minimum atomic E-state index is -0.721. The molecule has 1 saturated carbocycles. The SMILES string of the molecule is Cc1ccccc1CN(C(=O)CN1C(=O)c2cccc3cccc1c23)[C@@H](Cc1ccccc1)C(=O)NC1CCCC1. The van der Waals surface area contributed by atoms with Gasteiger partial charge in [-0.1, -0.05) is 91.7 Å². The molecule has 6 rings (SSSR count). The smallest absolute Gasteiger partial charge is 0.259 e. The highest BCUT2D eigenvalue weighted by molar-refractivity contribution is 6.26. The number of carbonyl (C=O) groups excluding carboxylic acids is 3. The Kier molecular flexibility index (Phi) is 7.55. The van der Waals surface area contributed by atoms with Crippen molar-refractivity contribution in [1.82, 2.24) is 10.2 Å². The average Bonchev–Trinajstić information content (AvgIpc) is 3.60. The van der Waals surface area contributed by atoms with E-state index in [1.165, 1.54) is 0 Å². The molecule has 0 saturated heterocycles. The highest BCUT2D eigenvalue weighted by atomic mass is 16.2. The zero-order chi connectivity index (χ0) is 28.3. The first-order valence-electron chi connectivity index (χ1n) is 14.5. The third-order valence-electron chi connectivity index (χ3n) is 8.52. The highest BCUT2D eigenvalue weighted by Crippen LogP contribution is 2.37. The molecule has 1 N–H and O–H groups in total. The number of nitrogens with zero attached hydrogens (tertiary/aromatic N) is 2. The third-order valence-corrected chi connectivity index (χ3v) is 8.52. The second-order valence-corrected chi connectivity index (χ2v) is 11.2.